The summed E-state index contributed by atoms with van der Waals surface area (Å²) in [5.74, 6) is -0.343. The summed E-state index contributed by atoms with van der Waals surface area (Å²) < 4.78 is 27.6. The summed E-state index contributed by atoms with van der Waals surface area (Å²) in [6, 6.07) is 5.75. The van der Waals surface area contributed by atoms with Crippen molar-refractivity contribution in [2.24, 2.45) is 5.14 Å². The standard InChI is InChI=1S/C12H18N2O4S/c1-4-12(2,18-3)11(15)14-9-6-5-7-10(8-9)19(13,16)17/h5-8H,4H2,1-3H3,(H,14,15)(H2,13,16,17). The highest BCUT2D eigenvalue weighted by atomic mass is 32.2. The highest BCUT2D eigenvalue weighted by Gasteiger charge is 2.31. The van der Waals surface area contributed by atoms with Crippen LogP contribution in [0.25, 0.3) is 0 Å². The molecule has 0 heterocycles. The molecule has 1 rings (SSSR count). The third kappa shape index (κ3) is 3.76. The molecule has 0 radical (unpaired) electrons. The van der Waals surface area contributed by atoms with Gasteiger partial charge in [0.15, 0.2) is 0 Å². The first-order valence-corrected chi connectivity index (χ1v) is 7.27. The Labute approximate surface area is 113 Å². The second kappa shape index (κ2) is 5.68. The van der Waals surface area contributed by atoms with Crippen LogP contribution < -0.4 is 10.5 Å². The lowest BCUT2D eigenvalue weighted by Crippen LogP contribution is -2.41. The SMILES string of the molecule is CCC(C)(OC)C(=O)Nc1cccc(S(N)(=O)=O)c1. The van der Waals surface area contributed by atoms with E-state index in [0.717, 1.165) is 0 Å². The van der Waals surface area contributed by atoms with E-state index in [4.69, 9.17) is 9.88 Å². The molecule has 1 amide bonds. The molecule has 0 saturated heterocycles. The molecule has 7 heteroatoms. The number of anilines is 1. The van der Waals surface area contributed by atoms with Crippen LogP contribution in [-0.4, -0.2) is 27.0 Å². The van der Waals surface area contributed by atoms with E-state index in [1.54, 1.807) is 13.0 Å². The van der Waals surface area contributed by atoms with Crippen molar-refractivity contribution in [1.29, 1.82) is 0 Å². The fraction of sp³-hybridized carbons (Fsp3) is 0.417. The van der Waals surface area contributed by atoms with Gasteiger partial charge in [-0.2, -0.15) is 0 Å². The number of hydrogen-bond acceptors (Lipinski definition) is 4. The maximum absolute atomic E-state index is 12.0. The van der Waals surface area contributed by atoms with E-state index in [1.165, 1.54) is 25.3 Å². The molecule has 1 atom stereocenters. The van der Waals surface area contributed by atoms with Crippen LogP contribution in [0.2, 0.25) is 0 Å². The summed E-state index contributed by atoms with van der Waals surface area (Å²) in [5, 5.41) is 7.64. The molecule has 0 saturated carbocycles. The van der Waals surface area contributed by atoms with E-state index in [9.17, 15) is 13.2 Å². The zero-order valence-electron chi connectivity index (χ0n) is 11.1. The van der Waals surface area contributed by atoms with Crippen LogP contribution in [0, 0.1) is 0 Å². The van der Waals surface area contributed by atoms with Crippen LogP contribution in [0.1, 0.15) is 20.3 Å². The smallest absolute Gasteiger partial charge is 0.256 e. The minimum absolute atomic E-state index is 0.0547. The number of carbonyl (C=O) groups is 1. The Morgan fingerprint density at radius 1 is 1.47 bits per heavy atom. The molecule has 1 aromatic carbocycles. The Kier molecular flexibility index (Phi) is 4.67. The number of sulfonamides is 1. The summed E-state index contributed by atoms with van der Waals surface area (Å²) in [6.45, 7) is 3.48. The van der Waals surface area contributed by atoms with Gasteiger partial charge in [0.2, 0.25) is 10.0 Å². The number of benzene rings is 1. The number of nitrogens with two attached hydrogens (primary N) is 1. The average molecular weight is 286 g/mol. The Hall–Kier alpha value is -1.44. The van der Waals surface area contributed by atoms with Gasteiger partial charge in [0, 0.05) is 12.8 Å². The largest absolute Gasteiger partial charge is 0.369 e. The van der Waals surface area contributed by atoms with Gasteiger partial charge in [0.05, 0.1) is 4.90 Å². The van der Waals surface area contributed by atoms with Crippen molar-refractivity contribution in [3.8, 4) is 0 Å². The van der Waals surface area contributed by atoms with Crippen LogP contribution in [0.4, 0.5) is 5.69 Å². The van der Waals surface area contributed by atoms with Gasteiger partial charge in [0.1, 0.15) is 5.60 Å². The van der Waals surface area contributed by atoms with Gasteiger partial charge < -0.3 is 10.1 Å². The molecule has 0 aliphatic rings. The van der Waals surface area contributed by atoms with Crippen molar-refractivity contribution < 1.29 is 17.9 Å². The van der Waals surface area contributed by atoms with E-state index in [1.807, 2.05) is 6.92 Å². The topological polar surface area (TPSA) is 98.5 Å². The van der Waals surface area contributed by atoms with Gasteiger partial charge in [0.25, 0.3) is 5.91 Å². The normalized spacial score (nSPS) is 14.7. The number of rotatable bonds is 5. The predicted octanol–water partition coefficient (Wildman–Crippen LogP) is 1.09. The van der Waals surface area contributed by atoms with Crippen molar-refractivity contribution in [2.45, 2.75) is 30.8 Å². The van der Waals surface area contributed by atoms with Crippen molar-refractivity contribution in [3.05, 3.63) is 24.3 Å². The van der Waals surface area contributed by atoms with Gasteiger partial charge in [-0.25, -0.2) is 13.6 Å². The predicted molar refractivity (Wildman–Crippen MR) is 72.1 cm³/mol. The van der Waals surface area contributed by atoms with Gasteiger partial charge in [-0.3, -0.25) is 4.79 Å². The van der Waals surface area contributed by atoms with Crippen LogP contribution in [0.3, 0.4) is 0 Å². The summed E-state index contributed by atoms with van der Waals surface area (Å²) in [4.78, 5) is 12.0. The van der Waals surface area contributed by atoms with Crippen LogP contribution in [-0.2, 0) is 19.6 Å². The van der Waals surface area contributed by atoms with Gasteiger partial charge in [-0.05, 0) is 31.5 Å². The van der Waals surface area contributed by atoms with E-state index >= 15 is 0 Å². The van der Waals surface area contributed by atoms with E-state index < -0.39 is 15.6 Å². The molecular weight excluding hydrogens is 268 g/mol. The molecule has 1 unspecified atom stereocenters. The summed E-state index contributed by atoms with van der Waals surface area (Å²) in [5.41, 5.74) is -0.606. The Bertz CT molecular complexity index is 565. The van der Waals surface area contributed by atoms with Crippen molar-refractivity contribution in [1.82, 2.24) is 0 Å². The number of carbonyl (C=O) groups excluding carboxylic acids is 1. The highest BCUT2D eigenvalue weighted by molar-refractivity contribution is 7.89. The molecule has 0 fully saturated rings. The molecule has 1 aromatic rings. The Morgan fingerprint density at radius 3 is 2.58 bits per heavy atom. The third-order valence-corrected chi connectivity index (χ3v) is 3.94. The van der Waals surface area contributed by atoms with Crippen LogP contribution in [0.15, 0.2) is 29.2 Å². The summed E-state index contributed by atoms with van der Waals surface area (Å²) in [6.07, 6.45) is 0.490. The number of nitrogens with one attached hydrogen (secondary N) is 1. The Morgan fingerprint density at radius 2 is 2.11 bits per heavy atom. The lowest BCUT2D eigenvalue weighted by Gasteiger charge is -2.25. The van der Waals surface area contributed by atoms with Crippen molar-refractivity contribution >= 4 is 21.6 Å². The molecule has 3 N–H and O–H groups in total. The Balaban J connectivity index is 2.99. The first kappa shape index (κ1) is 15.6. The van der Waals surface area contributed by atoms with E-state index in [2.05, 4.69) is 5.32 Å². The third-order valence-electron chi connectivity index (χ3n) is 3.03. The average Bonchev–Trinajstić information content (AvgIpc) is 2.37. The van der Waals surface area contributed by atoms with E-state index in [-0.39, 0.29) is 10.8 Å². The first-order chi connectivity index (χ1) is 8.73. The number of ether oxygens (including phenoxy) is 1. The number of amides is 1. The van der Waals surface area contributed by atoms with Crippen LogP contribution >= 0.6 is 0 Å². The van der Waals surface area contributed by atoms with Crippen molar-refractivity contribution in [2.75, 3.05) is 12.4 Å². The molecule has 0 bridgehead atoms. The second-order valence-electron chi connectivity index (χ2n) is 4.32. The number of primary sulfonamides is 1. The molecule has 0 aliphatic carbocycles. The fourth-order valence-corrected chi connectivity index (χ4v) is 1.97. The number of hydrogen-bond donors (Lipinski definition) is 2. The van der Waals surface area contributed by atoms with Gasteiger partial charge in [-0.15, -0.1) is 0 Å². The molecular formula is C12H18N2O4S. The fourth-order valence-electron chi connectivity index (χ4n) is 1.41. The van der Waals surface area contributed by atoms with Crippen LogP contribution in [0.5, 0.6) is 0 Å². The minimum atomic E-state index is -3.79. The number of methoxy groups -OCH3 is 1. The molecule has 0 aromatic heterocycles. The molecule has 0 aliphatic heterocycles. The zero-order chi connectivity index (χ0) is 14.7. The maximum atomic E-state index is 12.0. The lowest BCUT2D eigenvalue weighted by molar-refractivity contribution is -0.136. The van der Waals surface area contributed by atoms with E-state index in [0.29, 0.717) is 12.1 Å². The summed E-state index contributed by atoms with van der Waals surface area (Å²) in [7, 11) is -2.34. The lowest BCUT2D eigenvalue weighted by atomic mass is 10.0. The zero-order valence-corrected chi connectivity index (χ0v) is 12.0. The molecule has 19 heavy (non-hydrogen) atoms. The summed E-state index contributed by atoms with van der Waals surface area (Å²) >= 11 is 0. The molecule has 0 spiro atoms. The van der Waals surface area contributed by atoms with Gasteiger partial charge in [-0.1, -0.05) is 13.0 Å². The van der Waals surface area contributed by atoms with Gasteiger partial charge >= 0.3 is 0 Å². The quantitative estimate of drug-likeness (QED) is 0.846. The maximum Gasteiger partial charge on any atom is 0.256 e. The monoisotopic (exact) mass is 286 g/mol. The highest BCUT2D eigenvalue weighted by Crippen LogP contribution is 2.19. The second-order valence-corrected chi connectivity index (χ2v) is 5.88. The first-order valence-electron chi connectivity index (χ1n) is 5.72. The molecule has 106 valence electrons. The molecule has 6 nitrogen and oxygen atoms in total. The van der Waals surface area contributed by atoms with Crippen molar-refractivity contribution in [3.63, 3.8) is 0 Å². The minimum Gasteiger partial charge on any atom is -0.369 e.